The van der Waals surface area contributed by atoms with E-state index in [1.54, 1.807) is 41.3 Å². The molecule has 0 atom stereocenters. The molecule has 0 unspecified atom stereocenters. The number of carbonyl (C=O) groups is 1. The van der Waals surface area contributed by atoms with Gasteiger partial charge in [0, 0.05) is 18.1 Å². The number of benzene rings is 2. The molecule has 0 aliphatic heterocycles. The molecule has 0 radical (unpaired) electrons. The molecule has 0 aromatic heterocycles. The average molecular weight is 345 g/mol. The van der Waals surface area contributed by atoms with Crippen molar-refractivity contribution in [2.24, 2.45) is 0 Å². The van der Waals surface area contributed by atoms with E-state index in [1.807, 2.05) is 12.1 Å². The molecular formula is C18H14Cl2N2O. The lowest BCUT2D eigenvalue weighted by atomic mass is 10.1. The predicted molar refractivity (Wildman–Crippen MR) is 92.6 cm³/mol. The molecule has 0 N–H and O–H groups in total. The van der Waals surface area contributed by atoms with Crippen LogP contribution in [0.5, 0.6) is 0 Å². The lowest BCUT2D eigenvalue weighted by molar-refractivity contribution is 0.0763. The van der Waals surface area contributed by atoms with Crippen LogP contribution >= 0.6 is 23.2 Å². The van der Waals surface area contributed by atoms with Gasteiger partial charge < -0.3 is 4.90 Å². The highest BCUT2D eigenvalue weighted by Gasteiger charge is 2.18. The smallest absolute Gasteiger partial charge is 0.255 e. The Morgan fingerprint density at radius 2 is 1.91 bits per heavy atom. The minimum atomic E-state index is -0.198. The Hall–Kier alpha value is -2.28. The maximum atomic E-state index is 12.7. The number of nitriles is 1. The van der Waals surface area contributed by atoms with Crippen molar-refractivity contribution in [1.82, 2.24) is 4.90 Å². The number of amides is 1. The van der Waals surface area contributed by atoms with Crippen LogP contribution in [0.15, 0.2) is 55.1 Å². The maximum absolute atomic E-state index is 12.7. The molecule has 2 aromatic carbocycles. The Labute approximate surface area is 145 Å². The van der Waals surface area contributed by atoms with Crippen molar-refractivity contribution in [2.45, 2.75) is 6.54 Å². The van der Waals surface area contributed by atoms with Gasteiger partial charge in [0.25, 0.3) is 5.91 Å². The zero-order valence-electron chi connectivity index (χ0n) is 12.3. The van der Waals surface area contributed by atoms with E-state index in [0.717, 1.165) is 5.56 Å². The summed E-state index contributed by atoms with van der Waals surface area (Å²) in [7, 11) is 0. The van der Waals surface area contributed by atoms with E-state index in [4.69, 9.17) is 28.5 Å². The summed E-state index contributed by atoms with van der Waals surface area (Å²) in [5, 5.41) is 9.63. The number of hydrogen-bond donors (Lipinski definition) is 0. The van der Waals surface area contributed by atoms with Gasteiger partial charge in [-0.05, 0) is 35.9 Å². The van der Waals surface area contributed by atoms with E-state index in [-0.39, 0.29) is 5.91 Å². The Bertz CT molecular complexity index is 764. The van der Waals surface area contributed by atoms with Gasteiger partial charge >= 0.3 is 0 Å². The van der Waals surface area contributed by atoms with Crippen molar-refractivity contribution < 1.29 is 4.79 Å². The molecule has 0 heterocycles. The van der Waals surface area contributed by atoms with E-state index < -0.39 is 0 Å². The maximum Gasteiger partial charge on any atom is 0.255 e. The third-order valence-corrected chi connectivity index (χ3v) is 3.80. The molecule has 0 aliphatic carbocycles. The Balaban J connectivity index is 2.24. The second-order valence-corrected chi connectivity index (χ2v) is 5.75. The first-order chi connectivity index (χ1) is 11.0. The Kier molecular flexibility index (Phi) is 5.81. The van der Waals surface area contributed by atoms with Gasteiger partial charge in [-0.15, -0.1) is 6.58 Å². The molecular weight excluding hydrogens is 331 g/mol. The summed E-state index contributed by atoms with van der Waals surface area (Å²) in [6.45, 7) is 4.48. The number of carbonyl (C=O) groups excluding carboxylic acids is 1. The highest BCUT2D eigenvalue weighted by atomic mass is 35.5. The SMILES string of the molecule is C=CCN(Cc1ccc(C#N)cc1)C(=O)c1ccc(Cl)cc1Cl. The third-order valence-electron chi connectivity index (χ3n) is 3.25. The lowest BCUT2D eigenvalue weighted by Gasteiger charge is -2.22. The van der Waals surface area contributed by atoms with Crippen LogP contribution in [0.1, 0.15) is 21.5 Å². The standard InChI is InChI=1S/C18H14Cl2N2O/c1-2-9-22(12-14-5-3-13(11-21)4-6-14)18(23)16-8-7-15(19)10-17(16)20/h2-8,10H,1,9,12H2. The van der Waals surface area contributed by atoms with Gasteiger partial charge in [-0.3, -0.25) is 4.79 Å². The monoisotopic (exact) mass is 344 g/mol. The van der Waals surface area contributed by atoms with Crippen LogP contribution in [0.2, 0.25) is 10.0 Å². The van der Waals surface area contributed by atoms with Crippen LogP contribution in [0.4, 0.5) is 0 Å². The second-order valence-electron chi connectivity index (χ2n) is 4.91. The number of hydrogen-bond acceptors (Lipinski definition) is 2. The summed E-state index contributed by atoms with van der Waals surface area (Å²) in [6, 6.07) is 14.0. The van der Waals surface area contributed by atoms with Gasteiger partial charge in [-0.1, -0.05) is 41.4 Å². The van der Waals surface area contributed by atoms with Gasteiger partial charge in [-0.2, -0.15) is 5.26 Å². The predicted octanol–water partition coefficient (Wildman–Crippen LogP) is 4.69. The van der Waals surface area contributed by atoms with Crippen molar-refractivity contribution in [2.75, 3.05) is 6.54 Å². The number of nitrogens with zero attached hydrogens (tertiary/aromatic N) is 2. The fourth-order valence-electron chi connectivity index (χ4n) is 2.11. The van der Waals surface area contributed by atoms with Crippen LogP contribution in [0.25, 0.3) is 0 Å². The van der Waals surface area contributed by atoms with E-state index >= 15 is 0 Å². The molecule has 1 amide bonds. The molecule has 2 rings (SSSR count). The number of rotatable bonds is 5. The molecule has 2 aromatic rings. The second kappa shape index (κ2) is 7.82. The molecule has 0 spiro atoms. The molecule has 5 heteroatoms. The van der Waals surface area contributed by atoms with E-state index in [2.05, 4.69) is 12.6 Å². The lowest BCUT2D eigenvalue weighted by Crippen LogP contribution is -2.30. The van der Waals surface area contributed by atoms with Crippen LogP contribution in [-0.2, 0) is 6.54 Å². The Morgan fingerprint density at radius 3 is 2.48 bits per heavy atom. The van der Waals surface area contributed by atoms with Gasteiger partial charge in [0.05, 0.1) is 22.2 Å². The first kappa shape index (κ1) is 17.1. The van der Waals surface area contributed by atoms with Crippen molar-refractivity contribution in [3.05, 3.63) is 81.9 Å². The molecule has 0 saturated heterocycles. The summed E-state index contributed by atoms with van der Waals surface area (Å²) < 4.78 is 0. The van der Waals surface area contributed by atoms with Crippen molar-refractivity contribution in [3.63, 3.8) is 0 Å². The zero-order chi connectivity index (χ0) is 16.8. The molecule has 3 nitrogen and oxygen atoms in total. The third kappa shape index (κ3) is 4.35. The molecule has 0 fully saturated rings. The van der Waals surface area contributed by atoms with E-state index in [0.29, 0.717) is 34.3 Å². The minimum Gasteiger partial charge on any atom is -0.331 e. The average Bonchev–Trinajstić information content (AvgIpc) is 2.54. The molecule has 116 valence electrons. The minimum absolute atomic E-state index is 0.198. The van der Waals surface area contributed by atoms with Gasteiger partial charge in [-0.25, -0.2) is 0 Å². The summed E-state index contributed by atoms with van der Waals surface area (Å²) >= 11 is 12.0. The van der Waals surface area contributed by atoms with Crippen molar-refractivity contribution in [3.8, 4) is 6.07 Å². The van der Waals surface area contributed by atoms with Crippen molar-refractivity contribution >= 4 is 29.1 Å². The van der Waals surface area contributed by atoms with Gasteiger partial charge in [0.2, 0.25) is 0 Å². The molecule has 0 bridgehead atoms. The number of halogens is 2. The highest BCUT2D eigenvalue weighted by Crippen LogP contribution is 2.23. The van der Waals surface area contributed by atoms with Gasteiger partial charge in [0.1, 0.15) is 0 Å². The topological polar surface area (TPSA) is 44.1 Å². The summed E-state index contributed by atoms with van der Waals surface area (Å²) in [6.07, 6.45) is 1.66. The zero-order valence-corrected chi connectivity index (χ0v) is 13.8. The van der Waals surface area contributed by atoms with E-state index in [9.17, 15) is 4.79 Å². The summed E-state index contributed by atoms with van der Waals surface area (Å²) in [4.78, 5) is 14.3. The molecule has 0 saturated carbocycles. The fraction of sp³-hybridized carbons (Fsp3) is 0.111. The van der Waals surface area contributed by atoms with Crippen LogP contribution in [-0.4, -0.2) is 17.4 Å². The Morgan fingerprint density at radius 1 is 1.22 bits per heavy atom. The van der Waals surface area contributed by atoms with E-state index in [1.165, 1.54) is 0 Å². The van der Waals surface area contributed by atoms with Crippen LogP contribution in [0.3, 0.4) is 0 Å². The van der Waals surface area contributed by atoms with Gasteiger partial charge in [0.15, 0.2) is 0 Å². The largest absolute Gasteiger partial charge is 0.331 e. The van der Waals surface area contributed by atoms with Crippen molar-refractivity contribution in [1.29, 1.82) is 5.26 Å². The summed E-state index contributed by atoms with van der Waals surface area (Å²) in [5.74, 6) is -0.198. The van der Waals surface area contributed by atoms with Crippen LogP contribution < -0.4 is 0 Å². The fourth-order valence-corrected chi connectivity index (χ4v) is 2.60. The summed E-state index contributed by atoms with van der Waals surface area (Å²) in [5.41, 5.74) is 1.90. The quantitative estimate of drug-likeness (QED) is 0.738. The first-order valence-corrected chi connectivity index (χ1v) is 7.65. The van der Waals surface area contributed by atoms with Crippen LogP contribution in [0, 0.1) is 11.3 Å². The normalized spacial score (nSPS) is 9.96. The molecule has 0 aliphatic rings. The first-order valence-electron chi connectivity index (χ1n) is 6.89. The molecule has 23 heavy (non-hydrogen) atoms. The highest BCUT2D eigenvalue weighted by molar-refractivity contribution is 6.36.